The Labute approximate surface area is 175 Å². The number of sulfonamides is 1. The highest BCUT2D eigenvalue weighted by Crippen LogP contribution is 2.24. The van der Waals surface area contributed by atoms with Crippen molar-refractivity contribution >= 4 is 21.6 Å². The summed E-state index contributed by atoms with van der Waals surface area (Å²) in [6.45, 7) is 1.84. The summed E-state index contributed by atoms with van der Waals surface area (Å²) in [6.07, 6.45) is 0. The third kappa shape index (κ3) is 4.64. The summed E-state index contributed by atoms with van der Waals surface area (Å²) in [6, 6.07) is 16.3. The molecule has 0 unspecified atom stereocenters. The third-order valence-electron chi connectivity index (χ3n) is 4.40. The fourth-order valence-electron chi connectivity index (χ4n) is 2.59. The van der Waals surface area contributed by atoms with Gasteiger partial charge in [-0.1, -0.05) is 0 Å². The molecule has 1 heterocycles. The molecular weight excluding hydrogens is 404 g/mol. The van der Waals surface area contributed by atoms with Gasteiger partial charge in [-0.2, -0.15) is 5.10 Å². The summed E-state index contributed by atoms with van der Waals surface area (Å²) < 4.78 is 31.1. The number of rotatable bonds is 6. The summed E-state index contributed by atoms with van der Waals surface area (Å²) in [4.78, 5) is 14.4. The van der Waals surface area contributed by atoms with E-state index in [4.69, 9.17) is 4.74 Å². The molecule has 0 aliphatic rings. The molecule has 0 fully saturated rings. The van der Waals surface area contributed by atoms with E-state index in [9.17, 15) is 13.2 Å². The Hall–Kier alpha value is -3.30. The largest absolute Gasteiger partial charge is 0.438 e. The van der Waals surface area contributed by atoms with Crippen molar-refractivity contribution in [2.24, 2.45) is 0 Å². The molecule has 8 nitrogen and oxygen atoms in total. The summed E-state index contributed by atoms with van der Waals surface area (Å²) in [5.74, 6) is 0.684. The smallest absolute Gasteiger partial charge is 0.258 e. The van der Waals surface area contributed by atoms with Gasteiger partial charge < -0.3 is 9.64 Å². The van der Waals surface area contributed by atoms with Crippen LogP contribution in [0.3, 0.4) is 0 Å². The zero-order valence-corrected chi connectivity index (χ0v) is 17.9. The fourth-order valence-corrected chi connectivity index (χ4v) is 3.49. The van der Waals surface area contributed by atoms with Gasteiger partial charge >= 0.3 is 0 Å². The van der Waals surface area contributed by atoms with Crippen LogP contribution in [0.5, 0.6) is 11.6 Å². The lowest BCUT2D eigenvalue weighted by molar-refractivity contribution is 0.0993. The van der Waals surface area contributed by atoms with Crippen molar-refractivity contribution in [2.45, 2.75) is 11.8 Å². The fraction of sp³-hybridized carbons (Fsp3) is 0.190. The zero-order chi connectivity index (χ0) is 21.9. The highest BCUT2D eigenvalue weighted by atomic mass is 32.2. The predicted octanol–water partition coefficient (Wildman–Crippen LogP) is 3.10. The lowest BCUT2D eigenvalue weighted by atomic mass is 10.2. The third-order valence-corrected chi connectivity index (χ3v) is 6.23. The normalized spacial score (nSPS) is 11.4. The number of nitrogens with zero attached hydrogens (tertiary/aromatic N) is 4. The van der Waals surface area contributed by atoms with E-state index in [-0.39, 0.29) is 10.8 Å². The molecule has 156 valence electrons. The van der Waals surface area contributed by atoms with E-state index in [1.807, 2.05) is 6.92 Å². The number of carbonyl (C=O) groups excluding carboxylic acids is 1. The van der Waals surface area contributed by atoms with Crippen molar-refractivity contribution in [2.75, 3.05) is 26.0 Å². The minimum atomic E-state index is -3.54. The molecule has 2 aromatic carbocycles. The number of carbonyl (C=O) groups is 1. The second-order valence-electron chi connectivity index (χ2n) is 6.78. The Morgan fingerprint density at radius 3 is 2.03 bits per heavy atom. The quantitative estimate of drug-likeness (QED) is 0.601. The maximum Gasteiger partial charge on any atom is 0.258 e. The lowest BCUT2D eigenvalue weighted by Gasteiger charge is -2.18. The van der Waals surface area contributed by atoms with Crippen LogP contribution in [0.4, 0.5) is 5.69 Å². The van der Waals surface area contributed by atoms with Crippen LogP contribution in [0.25, 0.3) is 0 Å². The number of anilines is 1. The first-order valence-electron chi connectivity index (χ1n) is 9.07. The van der Waals surface area contributed by atoms with Crippen molar-refractivity contribution in [3.63, 3.8) is 0 Å². The number of ether oxygens (including phenoxy) is 1. The van der Waals surface area contributed by atoms with Crippen LogP contribution in [-0.4, -0.2) is 50.0 Å². The maximum absolute atomic E-state index is 12.8. The Bertz CT molecular complexity index is 1130. The molecule has 1 amide bonds. The Kier molecular flexibility index (Phi) is 6.14. The van der Waals surface area contributed by atoms with Crippen LogP contribution in [0.2, 0.25) is 0 Å². The first-order valence-corrected chi connectivity index (χ1v) is 10.5. The zero-order valence-electron chi connectivity index (χ0n) is 17.1. The molecule has 3 aromatic rings. The average Bonchev–Trinajstić information content (AvgIpc) is 2.75. The van der Waals surface area contributed by atoms with Crippen molar-refractivity contribution in [1.82, 2.24) is 14.5 Å². The molecule has 0 radical (unpaired) electrons. The molecule has 0 saturated heterocycles. The Morgan fingerprint density at radius 1 is 0.867 bits per heavy atom. The van der Waals surface area contributed by atoms with Crippen LogP contribution < -0.4 is 9.64 Å². The molecule has 0 atom stereocenters. The van der Waals surface area contributed by atoms with Gasteiger partial charge in [0.1, 0.15) is 5.75 Å². The number of hydrogen-bond acceptors (Lipinski definition) is 6. The number of aromatic nitrogens is 2. The van der Waals surface area contributed by atoms with E-state index >= 15 is 0 Å². The first-order chi connectivity index (χ1) is 14.2. The van der Waals surface area contributed by atoms with Gasteiger partial charge in [0.05, 0.1) is 10.6 Å². The van der Waals surface area contributed by atoms with Gasteiger partial charge in [-0.3, -0.25) is 4.79 Å². The van der Waals surface area contributed by atoms with Crippen molar-refractivity contribution in [1.29, 1.82) is 0 Å². The minimum Gasteiger partial charge on any atom is -0.438 e. The topological polar surface area (TPSA) is 92.7 Å². The molecule has 0 bridgehead atoms. The Balaban J connectivity index is 1.72. The monoisotopic (exact) mass is 426 g/mol. The van der Waals surface area contributed by atoms with E-state index in [2.05, 4.69) is 10.2 Å². The van der Waals surface area contributed by atoms with Gasteiger partial charge in [-0.05, 0) is 61.5 Å². The molecule has 1 aromatic heterocycles. The predicted molar refractivity (Wildman–Crippen MR) is 113 cm³/mol. The summed E-state index contributed by atoms with van der Waals surface area (Å²) in [5, 5.41) is 7.89. The van der Waals surface area contributed by atoms with Gasteiger partial charge in [-0.25, -0.2) is 12.7 Å². The van der Waals surface area contributed by atoms with Crippen LogP contribution >= 0.6 is 0 Å². The number of benzene rings is 2. The van der Waals surface area contributed by atoms with E-state index in [1.54, 1.807) is 43.4 Å². The summed E-state index contributed by atoms with van der Waals surface area (Å²) in [7, 11) is 1.03. The molecule has 9 heteroatoms. The molecule has 3 rings (SSSR count). The van der Waals surface area contributed by atoms with Gasteiger partial charge in [0.2, 0.25) is 15.9 Å². The van der Waals surface area contributed by atoms with Crippen LogP contribution in [0, 0.1) is 6.92 Å². The van der Waals surface area contributed by atoms with Gasteiger partial charge in [-0.15, -0.1) is 5.10 Å². The van der Waals surface area contributed by atoms with Crippen LogP contribution in [-0.2, 0) is 10.0 Å². The SMILES string of the molecule is Cc1ccc(Oc2ccc(N(C)C(=O)c3ccc(S(=O)(=O)N(C)C)cc3)cc2)nn1. The second kappa shape index (κ2) is 8.60. The van der Waals surface area contributed by atoms with Gasteiger partial charge in [0.15, 0.2) is 0 Å². The summed E-state index contributed by atoms with van der Waals surface area (Å²) >= 11 is 0. The molecular formula is C21H22N4O4S. The van der Waals surface area contributed by atoms with E-state index in [0.29, 0.717) is 22.9 Å². The van der Waals surface area contributed by atoms with Crippen molar-refractivity contribution < 1.29 is 17.9 Å². The number of amides is 1. The molecule has 0 aliphatic heterocycles. The number of aryl methyl sites for hydroxylation is 1. The maximum atomic E-state index is 12.8. The first kappa shape index (κ1) is 21.4. The van der Waals surface area contributed by atoms with E-state index in [1.165, 1.54) is 43.3 Å². The standard InChI is InChI=1S/C21H22N4O4S/c1-15-5-14-20(23-22-15)29-18-10-8-17(9-11-18)25(4)21(26)16-6-12-19(13-7-16)30(27,28)24(2)3/h5-14H,1-4H3. The minimum absolute atomic E-state index is 0.132. The molecule has 0 N–H and O–H groups in total. The van der Waals surface area contributed by atoms with Gasteiger partial charge in [0.25, 0.3) is 5.91 Å². The Morgan fingerprint density at radius 2 is 1.50 bits per heavy atom. The van der Waals surface area contributed by atoms with Crippen molar-refractivity contribution in [3.8, 4) is 11.6 Å². The highest BCUT2D eigenvalue weighted by molar-refractivity contribution is 7.89. The lowest BCUT2D eigenvalue weighted by Crippen LogP contribution is -2.26. The molecule has 0 spiro atoms. The van der Waals surface area contributed by atoms with E-state index < -0.39 is 10.0 Å². The molecule has 0 saturated carbocycles. The number of hydrogen-bond donors (Lipinski definition) is 0. The van der Waals surface area contributed by atoms with Crippen LogP contribution in [0.1, 0.15) is 16.1 Å². The molecule has 0 aliphatic carbocycles. The summed E-state index contributed by atoms with van der Waals surface area (Å²) in [5.41, 5.74) is 1.84. The van der Waals surface area contributed by atoms with E-state index in [0.717, 1.165) is 10.00 Å². The second-order valence-corrected chi connectivity index (χ2v) is 8.94. The average molecular weight is 426 g/mol. The highest BCUT2D eigenvalue weighted by Gasteiger charge is 2.19. The van der Waals surface area contributed by atoms with Crippen molar-refractivity contribution in [3.05, 3.63) is 71.9 Å². The van der Waals surface area contributed by atoms with Crippen LogP contribution in [0.15, 0.2) is 65.6 Å². The van der Waals surface area contributed by atoms with Gasteiger partial charge in [0, 0.05) is 38.5 Å². The molecule has 30 heavy (non-hydrogen) atoms.